The number of pyridine rings is 4. The quantitative estimate of drug-likeness (QED) is 0.158. The lowest BCUT2D eigenvalue weighted by atomic mass is 9.92. The third kappa shape index (κ3) is 6.69. The zero-order chi connectivity index (χ0) is 42.4. The van der Waals surface area contributed by atoms with Crippen LogP contribution in [0.5, 0.6) is 0 Å². The third-order valence-corrected chi connectivity index (χ3v) is 11.9. The molecule has 12 aromatic rings. The van der Waals surface area contributed by atoms with Gasteiger partial charge in [0.05, 0.1) is 0 Å². The highest BCUT2D eigenvalue weighted by molar-refractivity contribution is 5.99. The summed E-state index contributed by atoms with van der Waals surface area (Å²) < 4.78 is 0. The summed E-state index contributed by atoms with van der Waals surface area (Å²) in [6.07, 6.45) is 11.4. The topological polar surface area (TPSA) is 90.2 Å². The predicted molar refractivity (Wildman–Crippen MR) is 259 cm³/mol. The Morgan fingerprint density at radius 1 is 0.266 bits per heavy atom. The highest BCUT2D eigenvalue weighted by Crippen LogP contribution is 2.38. The molecule has 0 saturated carbocycles. The van der Waals surface area contributed by atoms with Crippen molar-refractivity contribution in [3.05, 3.63) is 213 Å². The number of nitrogens with zero attached hydrogens (tertiary/aromatic N) is 7. The largest absolute Gasteiger partial charge is 0.263 e. The summed E-state index contributed by atoms with van der Waals surface area (Å²) in [6.45, 7) is 0. The molecule has 7 aromatic carbocycles. The van der Waals surface area contributed by atoms with Gasteiger partial charge in [0.25, 0.3) is 0 Å². The molecule has 0 fully saturated rings. The van der Waals surface area contributed by atoms with Crippen LogP contribution in [0.2, 0.25) is 0 Å². The molecule has 0 aliphatic heterocycles. The lowest BCUT2D eigenvalue weighted by Crippen LogP contribution is -2.03. The van der Waals surface area contributed by atoms with Crippen LogP contribution in [0.4, 0.5) is 0 Å². The molecule has 0 atom stereocenters. The van der Waals surface area contributed by atoms with E-state index in [0.29, 0.717) is 28.9 Å². The van der Waals surface area contributed by atoms with Gasteiger partial charge in [-0.05, 0) is 97.4 Å². The van der Waals surface area contributed by atoms with E-state index in [1.165, 1.54) is 0 Å². The molecule has 5 aromatic heterocycles. The van der Waals surface area contributed by atoms with E-state index in [-0.39, 0.29) is 0 Å². The summed E-state index contributed by atoms with van der Waals surface area (Å²) in [4.78, 5) is 34.7. The van der Waals surface area contributed by atoms with E-state index in [2.05, 4.69) is 137 Å². The standard InChI is InChI=1S/C57H35N7/c1-7-21-49-36(11-1)23-25-60-53(49)56-62-55(63-57(64-56)54-50-22-8-2-12-37(50)24-26-61-54)46-30-44(38-15-9-17-40(27-38)51-34-58-32-42-13-3-5-19-47(42)51)29-45(31-46)39-16-10-18-41(28-39)52-35-59-33-43-14-4-6-20-48(43)52/h1-35H. The first-order chi connectivity index (χ1) is 31.7. The van der Waals surface area contributed by atoms with Gasteiger partial charge in [0, 0.05) is 75.4 Å². The van der Waals surface area contributed by atoms with E-state index < -0.39 is 0 Å². The van der Waals surface area contributed by atoms with E-state index in [1.54, 1.807) is 0 Å². The van der Waals surface area contributed by atoms with Crippen molar-refractivity contribution in [1.29, 1.82) is 0 Å². The van der Waals surface area contributed by atoms with Crippen LogP contribution >= 0.6 is 0 Å². The van der Waals surface area contributed by atoms with Gasteiger partial charge in [0.1, 0.15) is 11.4 Å². The Labute approximate surface area is 368 Å². The minimum Gasteiger partial charge on any atom is -0.263 e. The summed E-state index contributed by atoms with van der Waals surface area (Å²) in [5.41, 5.74) is 10.6. The number of rotatable bonds is 7. The number of hydrogen-bond donors (Lipinski definition) is 0. The van der Waals surface area contributed by atoms with Crippen LogP contribution in [0.15, 0.2) is 213 Å². The number of hydrogen-bond acceptors (Lipinski definition) is 7. The summed E-state index contributed by atoms with van der Waals surface area (Å²) >= 11 is 0. The van der Waals surface area contributed by atoms with Gasteiger partial charge in [-0.25, -0.2) is 15.0 Å². The molecule has 0 spiro atoms. The predicted octanol–water partition coefficient (Wildman–Crippen LogP) is 13.7. The number of fused-ring (bicyclic) bond motifs is 4. The smallest absolute Gasteiger partial charge is 0.183 e. The van der Waals surface area contributed by atoms with Crippen molar-refractivity contribution in [1.82, 2.24) is 34.9 Å². The monoisotopic (exact) mass is 817 g/mol. The molecule has 0 saturated heterocycles. The molecule has 0 aliphatic carbocycles. The Morgan fingerprint density at radius 3 is 1.16 bits per heavy atom. The normalized spacial score (nSPS) is 11.4. The van der Waals surface area contributed by atoms with Gasteiger partial charge in [0.2, 0.25) is 0 Å². The second kappa shape index (κ2) is 15.6. The first-order valence-corrected chi connectivity index (χ1v) is 21.2. The summed E-state index contributed by atoms with van der Waals surface area (Å²) in [6, 6.07) is 61.1. The van der Waals surface area contributed by atoms with Crippen molar-refractivity contribution >= 4 is 43.1 Å². The van der Waals surface area contributed by atoms with E-state index >= 15 is 0 Å². The Bertz CT molecular complexity index is 3510. The molecule has 5 heterocycles. The zero-order valence-electron chi connectivity index (χ0n) is 34.3. The van der Waals surface area contributed by atoms with Gasteiger partial charge in [-0.1, -0.05) is 133 Å². The second-order valence-electron chi connectivity index (χ2n) is 15.8. The van der Waals surface area contributed by atoms with E-state index in [1.807, 2.05) is 85.7 Å². The van der Waals surface area contributed by atoms with Crippen molar-refractivity contribution in [3.63, 3.8) is 0 Å². The van der Waals surface area contributed by atoms with Gasteiger partial charge in [0.15, 0.2) is 17.5 Å². The number of benzene rings is 7. The molecule has 7 nitrogen and oxygen atoms in total. The van der Waals surface area contributed by atoms with E-state index in [4.69, 9.17) is 24.9 Å². The van der Waals surface area contributed by atoms with Crippen LogP contribution in [0.1, 0.15) is 0 Å². The zero-order valence-corrected chi connectivity index (χ0v) is 34.3. The summed E-state index contributed by atoms with van der Waals surface area (Å²) in [5, 5.41) is 8.49. The molecule has 12 rings (SSSR count). The van der Waals surface area contributed by atoms with Gasteiger partial charge in [-0.3, -0.25) is 19.9 Å². The van der Waals surface area contributed by atoms with Crippen molar-refractivity contribution < 1.29 is 0 Å². The maximum Gasteiger partial charge on any atom is 0.183 e. The SMILES string of the molecule is c1cc(-c2cc(-c3cccc(-c4cncc5ccccc45)c3)cc(-c3nc(-c4nccc5ccccc45)nc(-c4nccc5ccccc45)n3)c2)cc(-c2cncc3ccccc23)c1. The van der Waals surface area contributed by atoms with Crippen molar-refractivity contribution in [3.8, 4) is 78.9 Å². The van der Waals surface area contributed by atoms with E-state index in [0.717, 1.165) is 93.2 Å². The van der Waals surface area contributed by atoms with Gasteiger partial charge in [-0.15, -0.1) is 0 Å². The molecule has 0 unspecified atom stereocenters. The number of aromatic nitrogens is 7. The Hall–Kier alpha value is -8.81. The maximum atomic E-state index is 5.27. The highest BCUT2D eigenvalue weighted by atomic mass is 15.1. The molecule has 0 radical (unpaired) electrons. The molecule has 0 N–H and O–H groups in total. The molecule has 298 valence electrons. The van der Waals surface area contributed by atoms with E-state index in [9.17, 15) is 0 Å². The van der Waals surface area contributed by atoms with Crippen LogP contribution in [0.25, 0.3) is 122 Å². The van der Waals surface area contributed by atoms with Crippen LogP contribution in [0.3, 0.4) is 0 Å². The molecule has 64 heavy (non-hydrogen) atoms. The van der Waals surface area contributed by atoms with Gasteiger partial charge >= 0.3 is 0 Å². The molecular weight excluding hydrogens is 783 g/mol. The Balaban J connectivity index is 1.09. The highest BCUT2D eigenvalue weighted by Gasteiger charge is 2.19. The average Bonchev–Trinajstić information content (AvgIpc) is 3.37. The minimum absolute atomic E-state index is 0.467. The first kappa shape index (κ1) is 37.0. The molecule has 0 amide bonds. The minimum atomic E-state index is 0.467. The van der Waals surface area contributed by atoms with Gasteiger partial charge < -0.3 is 0 Å². The Kier molecular flexibility index (Phi) is 9.01. The van der Waals surface area contributed by atoms with Gasteiger partial charge in [-0.2, -0.15) is 0 Å². The fraction of sp³-hybridized carbons (Fsp3) is 0. The van der Waals surface area contributed by atoms with Crippen LogP contribution in [0, 0.1) is 0 Å². The second-order valence-corrected chi connectivity index (χ2v) is 15.8. The van der Waals surface area contributed by atoms with Crippen LogP contribution in [-0.4, -0.2) is 34.9 Å². The van der Waals surface area contributed by atoms with Crippen molar-refractivity contribution in [2.75, 3.05) is 0 Å². The van der Waals surface area contributed by atoms with Crippen molar-refractivity contribution in [2.24, 2.45) is 0 Å². The van der Waals surface area contributed by atoms with Crippen molar-refractivity contribution in [2.45, 2.75) is 0 Å². The lowest BCUT2D eigenvalue weighted by molar-refractivity contribution is 1.05. The average molecular weight is 818 g/mol. The molecule has 0 aliphatic rings. The Morgan fingerprint density at radius 2 is 0.656 bits per heavy atom. The molecule has 7 heteroatoms. The molecule has 0 bridgehead atoms. The fourth-order valence-electron chi connectivity index (χ4n) is 8.83. The summed E-state index contributed by atoms with van der Waals surface area (Å²) in [7, 11) is 0. The maximum absolute atomic E-state index is 5.27. The summed E-state index contributed by atoms with van der Waals surface area (Å²) in [5.74, 6) is 1.44. The third-order valence-electron chi connectivity index (χ3n) is 11.9. The molecular formula is C57H35N7. The van der Waals surface area contributed by atoms with Crippen LogP contribution in [-0.2, 0) is 0 Å². The fourth-order valence-corrected chi connectivity index (χ4v) is 8.83. The van der Waals surface area contributed by atoms with Crippen LogP contribution < -0.4 is 0 Å². The first-order valence-electron chi connectivity index (χ1n) is 21.2. The lowest BCUT2D eigenvalue weighted by Gasteiger charge is -2.14.